The summed E-state index contributed by atoms with van der Waals surface area (Å²) in [5.74, 6) is 0.272. The quantitative estimate of drug-likeness (QED) is 0.851. The fraction of sp³-hybridized carbons (Fsp3) is 0.533. The predicted octanol–water partition coefficient (Wildman–Crippen LogP) is 4.29. The van der Waals surface area contributed by atoms with E-state index in [0.29, 0.717) is 22.4 Å². The van der Waals surface area contributed by atoms with E-state index in [1.165, 1.54) is 0 Å². The summed E-state index contributed by atoms with van der Waals surface area (Å²) in [6.07, 6.45) is 1.48. The van der Waals surface area contributed by atoms with Crippen molar-refractivity contribution in [3.05, 3.63) is 27.7 Å². The van der Waals surface area contributed by atoms with Crippen molar-refractivity contribution >= 4 is 29.2 Å². The minimum absolute atomic E-state index is 0.199. The second-order valence-electron chi connectivity index (χ2n) is 5.33. The largest absolute Gasteiger partial charge is 0.492 e. The van der Waals surface area contributed by atoms with Crippen molar-refractivity contribution in [3.8, 4) is 5.75 Å². The number of carbonyl (C=O) groups is 1. The fourth-order valence-electron chi connectivity index (χ4n) is 2.70. The van der Waals surface area contributed by atoms with Gasteiger partial charge in [0.25, 0.3) is 0 Å². The molecule has 0 saturated heterocycles. The van der Waals surface area contributed by atoms with Gasteiger partial charge in [0.2, 0.25) is 0 Å². The zero-order valence-electron chi connectivity index (χ0n) is 11.5. The van der Waals surface area contributed by atoms with Crippen molar-refractivity contribution < 1.29 is 14.6 Å². The van der Waals surface area contributed by atoms with Crippen LogP contribution in [-0.2, 0) is 11.2 Å². The molecule has 110 valence electrons. The average molecular weight is 317 g/mol. The lowest BCUT2D eigenvalue weighted by Crippen LogP contribution is -2.09. The van der Waals surface area contributed by atoms with Crippen LogP contribution in [0.5, 0.6) is 5.75 Å². The molecule has 1 fully saturated rings. The molecule has 0 bridgehead atoms. The normalized spacial score (nSPS) is 22.4. The number of carboxylic acid groups (broad SMARTS) is 1. The van der Waals surface area contributed by atoms with Gasteiger partial charge >= 0.3 is 5.97 Å². The summed E-state index contributed by atoms with van der Waals surface area (Å²) in [4.78, 5) is 10.9. The van der Waals surface area contributed by atoms with E-state index in [2.05, 4.69) is 6.92 Å². The monoisotopic (exact) mass is 316 g/mol. The first-order chi connectivity index (χ1) is 9.43. The zero-order chi connectivity index (χ0) is 14.9. The molecule has 1 aromatic carbocycles. The third-order valence-corrected chi connectivity index (χ3v) is 4.30. The van der Waals surface area contributed by atoms with Gasteiger partial charge in [-0.2, -0.15) is 0 Å². The van der Waals surface area contributed by atoms with Gasteiger partial charge in [0.1, 0.15) is 5.75 Å². The molecule has 2 rings (SSSR count). The Labute approximate surface area is 128 Å². The Morgan fingerprint density at radius 1 is 1.50 bits per heavy atom. The Balaban J connectivity index is 2.14. The van der Waals surface area contributed by atoms with Gasteiger partial charge in [-0.15, -0.1) is 0 Å². The van der Waals surface area contributed by atoms with Gasteiger partial charge in [-0.1, -0.05) is 30.1 Å². The molecule has 0 heterocycles. The minimum atomic E-state index is -0.698. The molecular weight excluding hydrogens is 299 g/mol. The topological polar surface area (TPSA) is 46.5 Å². The zero-order valence-corrected chi connectivity index (χ0v) is 13.0. The van der Waals surface area contributed by atoms with Gasteiger partial charge in [-0.25, -0.2) is 0 Å². The van der Waals surface area contributed by atoms with E-state index >= 15 is 0 Å². The lowest BCUT2D eigenvalue weighted by Gasteiger charge is -2.16. The van der Waals surface area contributed by atoms with Crippen LogP contribution in [-0.4, -0.2) is 17.7 Å². The number of halogens is 2. The number of rotatable bonds is 6. The maximum atomic E-state index is 10.9. The summed E-state index contributed by atoms with van der Waals surface area (Å²) >= 11 is 12.2. The van der Waals surface area contributed by atoms with E-state index in [1.807, 2.05) is 13.0 Å². The van der Waals surface area contributed by atoms with Crippen LogP contribution in [0.25, 0.3) is 0 Å². The number of aliphatic carboxylic acids is 1. The molecule has 3 atom stereocenters. The third-order valence-electron chi connectivity index (χ3n) is 3.80. The summed E-state index contributed by atoms with van der Waals surface area (Å²) in [6, 6.07) is 3.52. The van der Waals surface area contributed by atoms with Gasteiger partial charge in [-0.05, 0) is 49.3 Å². The lowest BCUT2D eigenvalue weighted by atomic mass is 9.95. The van der Waals surface area contributed by atoms with Gasteiger partial charge in [-0.3, -0.25) is 4.79 Å². The molecule has 5 heteroatoms. The molecule has 0 aromatic heterocycles. The maximum Gasteiger partial charge on any atom is 0.306 e. The van der Waals surface area contributed by atoms with Crippen LogP contribution >= 0.6 is 23.2 Å². The van der Waals surface area contributed by atoms with Crippen LogP contribution in [0.15, 0.2) is 12.1 Å². The molecule has 1 aliphatic rings. The van der Waals surface area contributed by atoms with Crippen LogP contribution in [0.2, 0.25) is 10.0 Å². The van der Waals surface area contributed by atoms with E-state index in [0.717, 1.165) is 18.4 Å². The predicted molar refractivity (Wildman–Crippen MR) is 79.7 cm³/mol. The Bertz CT molecular complexity index is 516. The first-order valence-corrected chi connectivity index (χ1v) is 7.53. The van der Waals surface area contributed by atoms with Crippen molar-refractivity contribution in [1.29, 1.82) is 0 Å². The van der Waals surface area contributed by atoms with Gasteiger partial charge in [0.15, 0.2) is 0 Å². The Hall–Kier alpha value is -0.930. The number of hydrogen-bond acceptors (Lipinski definition) is 2. The van der Waals surface area contributed by atoms with E-state index < -0.39 is 5.97 Å². The van der Waals surface area contributed by atoms with Crippen molar-refractivity contribution in [2.45, 2.75) is 26.7 Å². The molecule has 3 nitrogen and oxygen atoms in total. The van der Waals surface area contributed by atoms with Crippen LogP contribution in [0.4, 0.5) is 0 Å². The molecule has 20 heavy (non-hydrogen) atoms. The second-order valence-corrected chi connectivity index (χ2v) is 6.18. The summed E-state index contributed by atoms with van der Waals surface area (Å²) in [6.45, 7) is 4.50. The Morgan fingerprint density at radius 2 is 2.20 bits per heavy atom. The van der Waals surface area contributed by atoms with E-state index in [-0.39, 0.29) is 17.8 Å². The number of benzene rings is 1. The minimum Gasteiger partial charge on any atom is -0.492 e. The second kappa shape index (κ2) is 6.23. The van der Waals surface area contributed by atoms with Crippen LogP contribution < -0.4 is 4.74 Å². The van der Waals surface area contributed by atoms with Gasteiger partial charge in [0.05, 0.1) is 17.5 Å². The van der Waals surface area contributed by atoms with Gasteiger partial charge in [0, 0.05) is 5.02 Å². The fourth-order valence-corrected chi connectivity index (χ4v) is 3.29. The molecule has 0 spiro atoms. The summed E-state index contributed by atoms with van der Waals surface area (Å²) < 4.78 is 5.59. The maximum absolute atomic E-state index is 10.9. The highest BCUT2D eigenvalue weighted by Crippen LogP contribution is 2.46. The Morgan fingerprint density at radius 3 is 2.75 bits per heavy atom. The van der Waals surface area contributed by atoms with Crippen LogP contribution in [0.3, 0.4) is 0 Å². The van der Waals surface area contributed by atoms with E-state index in [1.54, 1.807) is 6.07 Å². The van der Waals surface area contributed by atoms with Crippen molar-refractivity contribution in [1.82, 2.24) is 0 Å². The van der Waals surface area contributed by atoms with E-state index in [9.17, 15) is 4.79 Å². The molecule has 0 radical (unpaired) electrons. The van der Waals surface area contributed by atoms with E-state index in [4.69, 9.17) is 33.0 Å². The first-order valence-electron chi connectivity index (χ1n) is 6.77. The average Bonchev–Trinajstić information content (AvgIpc) is 3.13. The van der Waals surface area contributed by atoms with Crippen LogP contribution in [0.1, 0.15) is 25.8 Å². The highest BCUT2D eigenvalue weighted by atomic mass is 35.5. The first kappa shape index (κ1) is 15.5. The SMILES string of the molecule is CCOc1c(Cl)cc(Cl)cc1CC(C)C1CC1C(=O)O. The van der Waals surface area contributed by atoms with Crippen LogP contribution in [0, 0.1) is 17.8 Å². The molecule has 1 aromatic rings. The van der Waals surface area contributed by atoms with Crippen molar-refractivity contribution in [2.24, 2.45) is 17.8 Å². The molecule has 0 aliphatic heterocycles. The lowest BCUT2D eigenvalue weighted by molar-refractivity contribution is -0.139. The smallest absolute Gasteiger partial charge is 0.306 e. The molecular formula is C15H18Cl2O3. The summed E-state index contributed by atoms with van der Waals surface area (Å²) in [7, 11) is 0. The molecule has 3 unspecified atom stereocenters. The number of carboxylic acids is 1. The van der Waals surface area contributed by atoms with Crippen molar-refractivity contribution in [2.75, 3.05) is 6.61 Å². The molecule has 1 saturated carbocycles. The Kier molecular flexibility index (Phi) is 4.82. The standard InChI is InChI=1S/C15H18Cl2O3/c1-3-20-14-9(5-10(16)6-13(14)17)4-8(2)11-7-12(11)15(18)19/h5-6,8,11-12H,3-4,7H2,1-2H3,(H,18,19). The highest BCUT2D eigenvalue weighted by molar-refractivity contribution is 6.35. The summed E-state index contributed by atoms with van der Waals surface area (Å²) in [5, 5.41) is 10.1. The molecule has 1 N–H and O–H groups in total. The third kappa shape index (κ3) is 3.39. The summed E-state index contributed by atoms with van der Waals surface area (Å²) in [5.41, 5.74) is 0.952. The molecule has 0 amide bonds. The number of hydrogen-bond donors (Lipinski definition) is 1. The van der Waals surface area contributed by atoms with Crippen molar-refractivity contribution in [3.63, 3.8) is 0 Å². The number of ether oxygens (including phenoxy) is 1. The van der Waals surface area contributed by atoms with Gasteiger partial charge < -0.3 is 9.84 Å². The highest BCUT2D eigenvalue weighted by Gasteiger charge is 2.46. The molecule has 1 aliphatic carbocycles.